The standard InChI is InChI=1S/C14H26N4O/c1-5-6-15-9-12-10-19-13(16-12)18-8-7-17(4)14(2,3)11-18/h10,15H,5-9,11H2,1-4H3. The SMILES string of the molecule is CCCNCc1coc(N2CCN(C)C(C)(C)C2)n1. The molecular formula is C14H26N4O. The van der Waals surface area contributed by atoms with E-state index in [-0.39, 0.29) is 5.54 Å². The van der Waals surface area contributed by atoms with Crippen molar-refractivity contribution in [3.05, 3.63) is 12.0 Å². The summed E-state index contributed by atoms with van der Waals surface area (Å²) in [6.07, 6.45) is 2.90. The fourth-order valence-corrected chi connectivity index (χ4v) is 2.32. The lowest BCUT2D eigenvalue weighted by molar-refractivity contribution is 0.136. The number of anilines is 1. The average molecular weight is 266 g/mol. The van der Waals surface area contributed by atoms with Gasteiger partial charge in [0.25, 0.3) is 6.01 Å². The number of rotatable bonds is 5. The van der Waals surface area contributed by atoms with Gasteiger partial charge in [0.05, 0.1) is 5.69 Å². The lowest BCUT2D eigenvalue weighted by Crippen LogP contribution is -2.57. The van der Waals surface area contributed by atoms with E-state index < -0.39 is 0 Å². The van der Waals surface area contributed by atoms with E-state index in [4.69, 9.17) is 4.42 Å². The van der Waals surface area contributed by atoms with Crippen LogP contribution < -0.4 is 10.2 Å². The molecule has 1 fully saturated rings. The van der Waals surface area contributed by atoms with Crippen molar-refractivity contribution < 1.29 is 4.42 Å². The third kappa shape index (κ3) is 3.48. The molecule has 0 radical (unpaired) electrons. The van der Waals surface area contributed by atoms with E-state index in [1.807, 2.05) is 0 Å². The highest BCUT2D eigenvalue weighted by atomic mass is 16.4. The molecule has 1 saturated heterocycles. The number of hydrogen-bond donors (Lipinski definition) is 1. The van der Waals surface area contributed by atoms with Gasteiger partial charge >= 0.3 is 0 Å². The Bertz CT molecular complexity index is 402. The van der Waals surface area contributed by atoms with Gasteiger partial charge in [-0.15, -0.1) is 0 Å². The van der Waals surface area contributed by atoms with Gasteiger partial charge in [-0.25, -0.2) is 0 Å². The lowest BCUT2D eigenvalue weighted by atomic mass is 10.0. The molecule has 0 amide bonds. The molecule has 19 heavy (non-hydrogen) atoms. The van der Waals surface area contributed by atoms with E-state index >= 15 is 0 Å². The van der Waals surface area contributed by atoms with Gasteiger partial charge in [-0.3, -0.25) is 4.90 Å². The van der Waals surface area contributed by atoms with Crippen LogP contribution in [0.5, 0.6) is 0 Å². The predicted molar refractivity (Wildman–Crippen MR) is 77.4 cm³/mol. The molecule has 1 aliphatic rings. The molecule has 1 aliphatic heterocycles. The topological polar surface area (TPSA) is 44.5 Å². The molecule has 0 aliphatic carbocycles. The molecule has 1 N–H and O–H groups in total. The Morgan fingerprint density at radius 3 is 2.89 bits per heavy atom. The summed E-state index contributed by atoms with van der Waals surface area (Å²) in [4.78, 5) is 9.20. The Hall–Kier alpha value is -1.07. The van der Waals surface area contributed by atoms with Gasteiger partial charge in [0.1, 0.15) is 6.26 Å². The zero-order chi connectivity index (χ0) is 13.9. The van der Waals surface area contributed by atoms with Crippen LogP contribution >= 0.6 is 0 Å². The summed E-state index contributed by atoms with van der Waals surface area (Å²) >= 11 is 0. The fourth-order valence-electron chi connectivity index (χ4n) is 2.32. The minimum absolute atomic E-state index is 0.160. The number of likely N-dealkylation sites (N-methyl/N-ethyl adjacent to an activating group) is 1. The second-order valence-electron chi connectivity index (χ2n) is 5.95. The van der Waals surface area contributed by atoms with E-state index in [2.05, 4.69) is 47.9 Å². The van der Waals surface area contributed by atoms with Crippen LogP contribution in [0.2, 0.25) is 0 Å². The summed E-state index contributed by atoms with van der Waals surface area (Å²) in [5, 5.41) is 3.34. The first-order chi connectivity index (χ1) is 9.03. The number of oxazole rings is 1. The quantitative estimate of drug-likeness (QED) is 0.822. The third-order valence-electron chi connectivity index (χ3n) is 3.86. The number of aromatic nitrogens is 1. The van der Waals surface area contributed by atoms with Crippen molar-refractivity contribution in [2.45, 2.75) is 39.3 Å². The van der Waals surface area contributed by atoms with Crippen molar-refractivity contribution in [1.82, 2.24) is 15.2 Å². The van der Waals surface area contributed by atoms with Crippen molar-refractivity contribution >= 4 is 6.01 Å². The summed E-state index contributed by atoms with van der Waals surface area (Å²) in [5.74, 6) is 0. The first-order valence-corrected chi connectivity index (χ1v) is 7.14. The molecule has 1 aromatic rings. The van der Waals surface area contributed by atoms with Crippen LogP contribution in [0.15, 0.2) is 10.7 Å². The maximum atomic E-state index is 5.62. The van der Waals surface area contributed by atoms with Crippen LogP contribution in [0.4, 0.5) is 6.01 Å². The molecule has 0 saturated carbocycles. The number of piperazine rings is 1. The molecule has 0 atom stereocenters. The van der Waals surface area contributed by atoms with Crippen LogP contribution in [0, 0.1) is 0 Å². The lowest BCUT2D eigenvalue weighted by Gasteiger charge is -2.44. The number of nitrogens with zero attached hydrogens (tertiary/aromatic N) is 3. The number of hydrogen-bond acceptors (Lipinski definition) is 5. The molecule has 108 valence electrons. The van der Waals surface area contributed by atoms with Gasteiger partial charge in [0.2, 0.25) is 0 Å². The van der Waals surface area contributed by atoms with Gasteiger partial charge in [-0.05, 0) is 33.9 Å². The van der Waals surface area contributed by atoms with E-state index in [0.717, 1.165) is 50.9 Å². The summed E-state index contributed by atoms with van der Waals surface area (Å²) < 4.78 is 5.62. The second-order valence-corrected chi connectivity index (χ2v) is 5.95. The summed E-state index contributed by atoms with van der Waals surface area (Å²) in [7, 11) is 2.17. The predicted octanol–water partition coefficient (Wildman–Crippen LogP) is 1.70. The Balaban J connectivity index is 1.95. The summed E-state index contributed by atoms with van der Waals surface area (Å²) in [6.45, 7) is 11.4. The smallest absolute Gasteiger partial charge is 0.297 e. The highest BCUT2D eigenvalue weighted by Crippen LogP contribution is 2.23. The largest absolute Gasteiger partial charge is 0.432 e. The Labute approximate surface area is 116 Å². The first kappa shape index (κ1) is 14.3. The molecule has 2 heterocycles. The van der Waals surface area contributed by atoms with Crippen molar-refractivity contribution in [2.75, 3.05) is 38.1 Å². The summed E-state index contributed by atoms with van der Waals surface area (Å²) in [5.41, 5.74) is 1.15. The molecule has 1 aromatic heterocycles. The van der Waals surface area contributed by atoms with Crippen molar-refractivity contribution in [3.8, 4) is 0 Å². The second kappa shape index (κ2) is 5.92. The van der Waals surface area contributed by atoms with Gasteiger partial charge in [-0.1, -0.05) is 6.92 Å². The van der Waals surface area contributed by atoms with Crippen LogP contribution in [0.1, 0.15) is 32.9 Å². The van der Waals surface area contributed by atoms with Crippen LogP contribution in [0.25, 0.3) is 0 Å². The highest BCUT2D eigenvalue weighted by Gasteiger charge is 2.32. The molecule has 5 heteroatoms. The third-order valence-corrected chi connectivity index (χ3v) is 3.86. The molecule has 0 spiro atoms. The molecule has 2 rings (SSSR count). The molecular weight excluding hydrogens is 240 g/mol. The van der Waals surface area contributed by atoms with E-state index in [0.29, 0.717) is 0 Å². The first-order valence-electron chi connectivity index (χ1n) is 7.14. The minimum Gasteiger partial charge on any atom is -0.432 e. The van der Waals surface area contributed by atoms with Crippen LogP contribution in [0.3, 0.4) is 0 Å². The van der Waals surface area contributed by atoms with Crippen LogP contribution in [-0.2, 0) is 6.54 Å². The average Bonchev–Trinajstić information content (AvgIpc) is 2.82. The monoisotopic (exact) mass is 266 g/mol. The van der Waals surface area contributed by atoms with E-state index in [1.54, 1.807) is 6.26 Å². The van der Waals surface area contributed by atoms with Crippen molar-refractivity contribution in [3.63, 3.8) is 0 Å². The van der Waals surface area contributed by atoms with Gasteiger partial charge in [0.15, 0.2) is 0 Å². The molecule has 0 bridgehead atoms. The van der Waals surface area contributed by atoms with Crippen molar-refractivity contribution in [1.29, 1.82) is 0 Å². The van der Waals surface area contributed by atoms with E-state index in [1.165, 1.54) is 0 Å². The number of nitrogens with one attached hydrogen (secondary N) is 1. The summed E-state index contributed by atoms with van der Waals surface area (Å²) in [6, 6.07) is 0.759. The minimum atomic E-state index is 0.160. The molecule has 0 unspecified atom stereocenters. The molecule has 0 aromatic carbocycles. The highest BCUT2D eigenvalue weighted by molar-refractivity contribution is 5.29. The molecule has 5 nitrogen and oxygen atoms in total. The maximum absolute atomic E-state index is 5.62. The van der Waals surface area contributed by atoms with Crippen LogP contribution in [-0.4, -0.2) is 48.6 Å². The fraction of sp³-hybridized carbons (Fsp3) is 0.786. The Morgan fingerprint density at radius 2 is 2.21 bits per heavy atom. The normalized spacial score (nSPS) is 19.9. The van der Waals surface area contributed by atoms with Gasteiger partial charge in [0, 0.05) is 31.7 Å². The zero-order valence-electron chi connectivity index (χ0n) is 12.6. The zero-order valence-corrected chi connectivity index (χ0v) is 12.6. The van der Waals surface area contributed by atoms with E-state index in [9.17, 15) is 0 Å². The van der Waals surface area contributed by atoms with Gasteiger partial charge < -0.3 is 14.6 Å². The Morgan fingerprint density at radius 1 is 1.42 bits per heavy atom. The maximum Gasteiger partial charge on any atom is 0.297 e. The Kier molecular flexibility index (Phi) is 4.47. The van der Waals surface area contributed by atoms with Crippen molar-refractivity contribution in [2.24, 2.45) is 0 Å². The van der Waals surface area contributed by atoms with Gasteiger partial charge in [-0.2, -0.15) is 4.98 Å².